The van der Waals surface area contributed by atoms with Crippen molar-refractivity contribution in [2.24, 2.45) is 40.4 Å². The molecule has 0 heterocycles. The minimum absolute atomic E-state index is 0.0782. The van der Waals surface area contributed by atoms with Crippen LogP contribution in [0.3, 0.4) is 0 Å². The Morgan fingerprint density at radius 3 is 1.44 bits per heavy atom. The molecule has 0 aromatic heterocycles. The molecule has 0 amide bonds. The lowest BCUT2D eigenvalue weighted by molar-refractivity contribution is -0.777. The van der Waals surface area contributed by atoms with Gasteiger partial charge in [0.1, 0.15) is 9.49 Å². The number of ether oxygens (including phenoxy) is 2. The van der Waals surface area contributed by atoms with Crippen LogP contribution >= 0.6 is 24.1 Å². The van der Waals surface area contributed by atoms with Crippen LogP contribution in [0, 0.1) is 40.4 Å². The van der Waals surface area contributed by atoms with Gasteiger partial charge < -0.3 is 25.1 Å². The highest BCUT2D eigenvalue weighted by atomic mass is 32.2. The molecule has 8 saturated carbocycles. The van der Waals surface area contributed by atoms with Gasteiger partial charge in [0.25, 0.3) is 0 Å². The van der Waals surface area contributed by atoms with Crippen LogP contribution in [0.15, 0.2) is 0 Å². The van der Waals surface area contributed by atoms with Gasteiger partial charge in [-0.3, -0.25) is 19.7 Å². The Labute approximate surface area is 262 Å². The summed E-state index contributed by atoms with van der Waals surface area (Å²) in [4.78, 5) is 24.4. The maximum Gasteiger partial charge on any atom is 0.324 e. The van der Waals surface area contributed by atoms with Crippen LogP contribution in [0.2, 0.25) is 0 Å². The predicted octanol–water partition coefficient (Wildman–Crippen LogP) is 3.91. The van der Waals surface area contributed by atoms with Crippen LogP contribution in [-0.2, 0) is 37.8 Å². The van der Waals surface area contributed by atoms with Gasteiger partial charge in [0.2, 0.25) is 0 Å². The molecule has 0 aromatic rings. The summed E-state index contributed by atoms with van der Waals surface area (Å²) in [5.41, 5.74) is -0.424. The number of aliphatic hydroxyl groups is 1. The van der Waals surface area contributed by atoms with Gasteiger partial charge in [0.15, 0.2) is 0 Å². The van der Waals surface area contributed by atoms with Gasteiger partial charge in [-0.2, -0.15) is 8.67 Å². The zero-order valence-electron chi connectivity index (χ0n) is 25.6. The Morgan fingerprint density at radius 2 is 1.05 bits per heavy atom. The van der Waals surface area contributed by atoms with Crippen molar-refractivity contribution in [3.8, 4) is 0 Å². The molecule has 0 aromatic carbocycles. The summed E-state index contributed by atoms with van der Waals surface area (Å²) < 4.78 is 17.7. The summed E-state index contributed by atoms with van der Waals surface area (Å²) in [7, 11) is 0. The smallest absolute Gasteiger partial charge is 0.324 e. The molecule has 13 heteroatoms. The Balaban J connectivity index is 0.000000171. The molecule has 8 fully saturated rings. The Morgan fingerprint density at radius 1 is 0.674 bits per heavy atom. The quantitative estimate of drug-likeness (QED) is 0.141. The van der Waals surface area contributed by atoms with Crippen LogP contribution in [0.5, 0.6) is 0 Å². The second kappa shape index (κ2) is 12.9. The normalized spacial score (nSPS) is 38.9. The maximum absolute atomic E-state index is 12.2. The molecule has 2 atom stereocenters. The predicted molar refractivity (Wildman–Crippen MR) is 152 cm³/mol. The van der Waals surface area contributed by atoms with E-state index in [4.69, 9.17) is 9.47 Å². The van der Waals surface area contributed by atoms with Gasteiger partial charge in [0.05, 0.1) is 18.8 Å². The second-order valence-electron chi connectivity index (χ2n) is 15.7. The first kappa shape index (κ1) is 33.7. The zero-order valence-corrected chi connectivity index (χ0v) is 27.3. The summed E-state index contributed by atoms with van der Waals surface area (Å²) in [6.45, 7) is 7.41. The molecule has 0 saturated heterocycles. The summed E-state index contributed by atoms with van der Waals surface area (Å²) in [6, 6.07) is 0. The van der Waals surface area contributed by atoms with E-state index in [1.54, 1.807) is 27.7 Å². The number of hydrogen-bond acceptors (Lipinski definition) is 13. The van der Waals surface area contributed by atoms with Crippen LogP contribution < -0.4 is 10.5 Å². The summed E-state index contributed by atoms with van der Waals surface area (Å²) in [6.07, 6.45) is 13.6. The van der Waals surface area contributed by atoms with E-state index in [9.17, 15) is 25.2 Å². The van der Waals surface area contributed by atoms with Crippen molar-refractivity contribution in [3.63, 3.8) is 0 Å². The first-order valence-corrected chi connectivity index (χ1v) is 17.0. The van der Waals surface area contributed by atoms with Crippen LogP contribution in [0.25, 0.3) is 0 Å². The average molecular weight is 647 g/mol. The third kappa shape index (κ3) is 7.85. The zero-order chi connectivity index (χ0) is 31.1. The third-order valence-corrected chi connectivity index (χ3v) is 12.3. The van der Waals surface area contributed by atoms with Gasteiger partial charge in [-0.05, 0) is 134 Å². The largest absolute Gasteiger partial charge is 0.691 e. The minimum Gasteiger partial charge on any atom is -0.691 e. The van der Waals surface area contributed by atoms with Gasteiger partial charge >= 0.3 is 11.9 Å². The molecular weight excluding hydrogens is 600 g/mol. The van der Waals surface area contributed by atoms with E-state index in [0.29, 0.717) is 49.1 Å². The van der Waals surface area contributed by atoms with E-state index in [1.165, 1.54) is 44.9 Å². The van der Waals surface area contributed by atoms with E-state index in [0.717, 1.165) is 49.9 Å². The van der Waals surface area contributed by atoms with Crippen molar-refractivity contribution in [2.75, 3.05) is 13.2 Å². The summed E-state index contributed by atoms with van der Waals surface area (Å²) >= 11 is 1.34. The average Bonchev–Trinajstić information content (AvgIpc) is 2.91. The molecule has 8 aliphatic carbocycles. The van der Waals surface area contributed by atoms with E-state index >= 15 is 0 Å². The highest BCUT2D eigenvalue weighted by Gasteiger charge is 2.58. The molecule has 11 nitrogen and oxygen atoms in total. The first-order valence-electron chi connectivity index (χ1n) is 15.5. The standard InChI is InChI=1S/C15H24O6S.C15H24O5S/c1-13(2,22-21-20-18)12(16)19-9-14-4-10-3-11(5-14)7-15(17,6-10)8-14;1-14(2,21-20-19-17)13(16)18-9-15-6-10-3-11(7-15)5-12(4-10)8-15/h10-11,17-18H,3-9H2,1-2H3;10-12,17H,3-9H2,1-2H3/p-2. The van der Waals surface area contributed by atoms with Gasteiger partial charge in [-0.1, -0.05) is 0 Å². The molecule has 0 radical (unpaired) electrons. The molecule has 246 valence electrons. The fourth-order valence-electron chi connectivity index (χ4n) is 10.1. The molecule has 8 rings (SSSR count). The Bertz CT molecular complexity index is 969. The lowest BCUT2D eigenvalue weighted by atomic mass is 9.48. The van der Waals surface area contributed by atoms with Crippen molar-refractivity contribution >= 4 is 36.0 Å². The van der Waals surface area contributed by atoms with Crippen LogP contribution in [-0.4, -0.2) is 45.4 Å². The SMILES string of the molecule is CC(C)(SOO[O-])C(=O)OCC12CC3CC(CC(C3)C1)C2.CC(C)(SOO[O-])C(=O)OCC12CC3CC(CC(O)(C3)C1)C2. The van der Waals surface area contributed by atoms with Crippen molar-refractivity contribution in [3.05, 3.63) is 0 Å². The Kier molecular flexibility index (Phi) is 10.1. The lowest BCUT2D eigenvalue weighted by Gasteiger charge is -2.59. The Hall–Kier alpha value is -0.640. The number of carbonyl (C=O) groups excluding carboxylic acids is 2. The van der Waals surface area contributed by atoms with Gasteiger partial charge in [-0.25, -0.2) is 0 Å². The fourth-order valence-corrected chi connectivity index (χ4v) is 10.7. The molecule has 1 N–H and O–H groups in total. The highest BCUT2D eigenvalue weighted by molar-refractivity contribution is 7.96. The van der Waals surface area contributed by atoms with E-state index in [2.05, 4.69) is 18.7 Å². The number of carbonyl (C=O) groups is 2. The summed E-state index contributed by atoms with van der Waals surface area (Å²) in [5, 5.41) is 37.1. The van der Waals surface area contributed by atoms with Crippen LogP contribution in [0.1, 0.15) is 105 Å². The molecule has 8 bridgehead atoms. The molecular formula is C30H46O11S2-2. The first-order chi connectivity index (χ1) is 20.2. The highest BCUT2D eigenvalue weighted by Crippen LogP contribution is 2.62. The third-order valence-electron chi connectivity index (χ3n) is 10.9. The van der Waals surface area contributed by atoms with E-state index in [1.807, 2.05) is 0 Å². The van der Waals surface area contributed by atoms with Crippen molar-refractivity contribution in [1.29, 1.82) is 0 Å². The molecule has 0 spiro atoms. The van der Waals surface area contributed by atoms with Crippen LogP contribution in [0.4, 0.5) is 0 Å². The topological polar surface area (TPSA) is 156 Å². The second-order valence-corrected chi connectivity index (χ2v) is 18.4. The van der Waals surface area contributed by atoms with Gasteiger partial charge in [-0.15, -0.1) is 0 Å². The lowest BCUT2D eigenvalue weighted by Crippen LogP contribution is -2.57. The van der Waals surface area contributed by atoms with Crippen molar-refractivity contribution in [1.82, 2.24) is 0 Å². The number of hydrogen-bond donors (Lipinski definition) is 1. The van der Waals surface area contributed by atoms with E-state index < -0.39 is 21.1 Å². The monoisotopic (exact) mass is 646 g/mol. The van der Waals surface area contributed by atoms with E-state index in [-0.39, 0.29) is 16.8 Å². The molecule has 8 aliphatic rings. The molecule has 0 aliphatic heterocycles. The molecule has 2 unspecified atom stereocenters. The van der Waals surface area contributed by atoms with Gasteiger partial charge in [0, 0.05) is 34.9 Å². The number of rotatable bonds is 12. The van der Waals surface area contributed by atoms with Crippen molar-refractivity contribution in [2.45, 2.75) is 120 Å². The summed E-state index contributed by atoms with van der Waals surface area (Å²) in [5.74, 6) is 2.87. The number of esters is 2. The molecule has 43 heavy (non-hydrogen) atoms. The minimum atomic E-state index is -1.01. The van der Waals surface area contributed by atoms with Crippen molar-refractivity contribution < 1.29 is 53.4 Å². The fraction of sp³-hybridized carbons (Fsp3) is 0.933. The maximum atomic E-state index is 12.2.